The Hall–Kier alpha value is -0.670. The second kappa shape index (κ2) is 4.21. The maximum atomic E-state index is 12.5. The summed E-state index contributed by atoms with van der Waals surface area (Å²) < 4.78 is 12.5. The Morgan fingerprint density at radius 1 is 1.18 bits per heavy atom. The van der Waals surface area contributed by atoms with Gasteiger partial charge < -0.3 is 5.11 Å². The van der Waals surface area contributed by atoms with E-state index in [1.165, 1.54) is 5.56 Å². The van der Waals surface area contributed by atoms with Gasteiger partial charge in [-0.25, -0.2) is 0 Å². The molecule has 1 aromatic carbocycles. The molecule has 2 bridgehead atoms. The molecule has 2 saturated carbocycles. The van der Waals surface area contributed by atoms with Crippen molar-refractivity contribution in [3.8, 4) is 0 Å². The van der Waals surface area contributed by atoms with Crippen LogP contribution in [0.1, 0.15) is 24.8 Å². The molecule has 1 N–H and O–H groups in total. The lowest BCUT2D eigenvalue weighted by Crippen LogP contribution is -2.36. The van der Waals surface area contributed by atoms with Gasteiger partial charge in [0.05, 0.1) is 22.2 Å². The van der Waals surface area contributed by atoms with Gasteiger partial charge >= 0.3 is 0 Å². The summed E-state index contributed by atoms with van der Waals surface area (Å²) in [5.41, 5.74) is 1.18. The number of benzene rings is 1. The van der Waals surface area contributed by atoms with Crippen LogP contribution in [0.25, 0.3) is 0 Å². The van der Waals surface area contributed by atoms with Crippen LogP contribution in [0.15, 0.2) is 29.2 Å². The quantitative estimate of drug-likeness (QED) is 0.874. The molecule has 17 heavy (non-hydrogen) atoms. The van der Waals surface area contributed by atoms with Gasteiger partial charge in [-0.1, -0.05) is 17.7 Å². The van der Waals surface area contributed by atoms with Gasteiger partial charge in [0, 0.05) is 4.90 Å². The highest BCUT2D eigenvalue weighted by molar-refractivity contribution is 7.85. The van der Waals surface area contributed by atoms with Gasteiger partial charge in [0.25, 0.3) is 0 Å². The van der Waals surface area contributed by atoms with E-state index in [2.05, 4.69) is 0 Å². The Morgan fingerprint density at radius 2 is 1.82 bits per heavy atom. The third kappa shape index (κ3) is 1.85. The van der Waals surface area contributed by atoms with Crippen LogP contribution in [-0.4, -0.2) is 20.7 Å². The van der Waals surface area contributed by atoms with E-state index in [9.17, 15) is 9.32 Å². The molecule has 0 spiro atoms. The van der Waals surface area contributed by atoms with Gasteiger partial charge in [-0.2, -0.15) is 0 Å². The topological polar surface area (TPSA) is 37.3 Å². The summed E-state index contributed by atoms with van der Waals surface area (Å²) in [5, 5.41) is 10.1. The predicted octanol–water partition coefficient (Wildman–Crippen LogP) is 2.26. The molecular formula is C14H18O2S. The van der Waals surface area contributed by atoms with E-state index < -0.39 is 10.8 Å². The summed E-state index contributed by atoms with van der Waals surface area (Å²) in [7, 11) is -1.05. The predicted molar refractivity (Wildman–Crippen MR) is 68.2 cm³/mol. The molecule has 5 unspecified atom stereocenters. The van der Waals surface area contributed by atoms with E-state index in [1.54, 1.807) is 0 Å². The van der Waals surface area contributed by atoms with Crippen molar-refractivity contribution >= 4 is 10.8 Å². The zero-order valence-electron chi connectivity index (χ0n) is 10.0. The molecule has 3 rings (SSSR count). The van der Waals surface area contributed by atoms with Crippen LogP contribution >= 0.6 is 0 Å². The first kappa shape index (κ1) is 11.4. The summed E-state index contributed by atoms with van der Waals surface area (Å²) in [6.07, 6.45) is 2.98. The minimum absolute atomic E-state index is 0.0311. The zero-order valence-corrected chi connectivity index (χ0v) is 10.8. The first-order valence-electron chi connectivity index (χ1n) is 6.32. The van der Waals surface area contributed by atoms with Crippen LogP contribution in [-0.2, 0) is 10.8 Å². The lowest BCUT2D eigenvalue weighted by molar-refractivity contribution is 0.118. The van der Waals surface area contributed by atoms with Gasteiger partial charge in [0.15, 0.2) is 0 Å². The first-order valence-corrected chi connectivity index (χ1v) is 7.53. The van der Waals surface area contributed by atoms with Gasteiger partial charge in [0.1, 0.15) is 0 Å². The molecule has 0 amide bonds. The summed E-state index contributed by atoms with van der Waals surface area (Å²) in [5.74, 6) is 0.872. The first-order chi connectivity index (χ1) is 8.16. The van der Waals surface area contributed by atoms with Crippen LogP contribution in [0.2, 0.25) is 0 Å². The minimum Gasteiger partial charge on any atom is -0.392 e. The van der Waals surface area contributed by atoms with Crippen LogP contribution < -0.4 is 0 Å². The Balaban J connectivity index is 1.85. The van der Waals surface area contributed by atoms with E-state index in [-0.39, 0.29) is 11.4 Å². The molecule has 2 aliphatic rings. The number of fused-ring (bicyclic) bond motifs is 2. The fraction of sp³-hybridized carbons (Fsp3) is 0.571. The standard InChI is InChI=1S/C14H18O2S/c1-9-2-6-12(7-3-9)17(16)14-11-5-4-10(8-11)13(14)15/h2-3,6-7,10-11,13-15H,4-5,8H2,1H3. The highest BCUT2D eigenvalue weighted by Crippen LogP contribution is 2.47. The van der Waals surface area contributed by atoms with E-state index in [1.807, 2.05) is 31.2 Å². The summed E-state index contributed by atoms with van der Waals surface area (Å²) in [4.78, 5) is 0.868. The molecule has 0 aromatic heterocycles. The number of aliphatic hydroxyl groups is 1. The molecule has 0 radical (unpaired) electrons. The van der Waals surface area contributed by atoms with Crippen molar-refractivity contribution in [2.75, 3.05) is 0 Å². The fourth-order valence-corrected chi connectivity index (χ4v) is 5.13. The summed E-state index contributed by atoms with van der Waals surface area (Å²) in [6, 6.07) is 7.86. The van der Waals surface area contributed by atoms with Crippen molar-refractivity contribution in [1.29, 1.82) is 0 Å². The Kier molecular flexibility index (Phi) is 2.83. The van der Waals surface area contributed by atoms with Crippen LogP contribution in [0, 0.1) is 18.8 Å². The largest absolute Gasteiger partial charge is 0.392 e. The maximum absolute atomic E-state index is 12.5. The van der Waals surface area contributed by atoms with Crippen molar-refractivity contribution in [3.63, 3.8) is 0 Å². The summed E-state index contributed by atoms with van der Waals surface area (Å²) >= 11 is 0. The Morgan fingerprint density at radius 3 is 2.41 bits per heavy atom. The van der Waals surface area contributed by atoms with E-state index in [0.29, 0.717) is 11.8 Å². The van der Waals surface area contributed by atoms with Crippen molar-refractivity contribution in [3.05, 3.63) is 29.8 Å². The van der Waals surface area contributed by atoms with E-state index in [4.69, 9.17) is 0 Å². The van der Waals surface area contributed by atoms with Crippen LogP contribution in [0.5, 0.6) is 0 Å². The van der Waals surface area contributed by atoms with Gasteiger partial charge in [0.2, 0.25) is 0 Å². The number of aryl methyl sites for hydroxylation is 1. The Bertz CT molecular complexity index is 438. The zero-order chi connectivity index (χ0) is 12.0. The van der Waals surface area contributed by atoms with Crippen LogP contribution in [0.3, 0.4) is 0 Å². The van der Waals surface area contributed by atoms with Crippen molar-refractivity contribution in [1.82, 2.24) is 0 Å². The van der Waals surface area contributed by atoms with E-state index in [0.717, 1.165) is 24.2 Å². The highest BCUT2D eigenvalue weighted by atomic mass is 32.2. The molecule has 0 aliphatic heterocycles. The number of hydrogen-bond acceptors (Lipinski definition) is 2. The average molecular weight is 250 g/mol. The average Bonchev–Trinajstić information content (AvgIpc) is 2.89. The normalized spacial score (nSPS) is 37.3. The monoisotopic (exact) mass is 250 g/mol. The molecule has 0 heterocycles. The SMILES string of the molecule is Cc1ccc(S(=O)C2C3CCC(C3)C2O)cc1. The second-order valence-electron chi connectivity index (χ2n) is 5.40. The molecular weight excluding hydrogens is 232 g/mol. The van der Waals surface area contributed by atoms with Gasteiger partial charge in [-0.05, 0) is 50.2 Å². The molecule has 3 heteroatoms. The van der Waals surface area contributed by atoms with Crippen molar-refractivity contribution in [2.24, 2.45) is 11.8 Å². The fourth-order valence-electron chi connectivity index (χ4n) is 3.34. The highest BCUT2D eigenvalue weighted by Gasteiger charge is 2.49. The number of aliphatic hydroxyl groups excluding tert-OH is 1. The lowest BCUT2D eigenvalue weighted by atomic mass is 9.97. The third-order valence-electron chi connectivity index (χ3n) is 4.30. The number of hydrogen-bond donors (Lipinski definition) is 1. The molecule has 1 aromatic rings. The third-order valence-corrected chi connectivity index (χ3v) is 6.19. The molecule has 92 valence electrons. The molecule has 0 saturated heterocycles. The molecule has 2 nitrogen and oxygen atoms in total. The summed E-state index contributed by atoms with van der Waals surface area (Å²) in [6.45, 7) is 2.03. The molecule has 2 aliphatic carbocycles. The Labute approximate surface area is 105 Å². The second-order valence-corrected chi connectivity index (χ2v) is 7.01. The van der Waals surface area contributed by atoms with Crippen molar-refractivity contribution in [2.45, 2.75) is 42.4 Å². The van der Waals surface area contributed by atoms with Gasteiger partial charge in [-0.3, -0.25) is 4.21 Å². The maximum Gasteiger partial charge on any atom is 0.0718 e. The minimum atomic E-state index is -1.05. The molecule has 5 atom stereocenters. The smallest absolute Gasteiger partial charge is 0.0718 e. The van der Waals surface area contributed by atoms with Crippen molar-refractivity contribution < 1.29 is 9.32 Å². The molecule has 2 fully saturated rings. The lowest BCUT2D eigenvalue weighted by Gasteiger charge is -2.26. The van der Waals surface area contributed by atoms with E-state index >= 15 is 0 Å². The van der Waals surface area contributed by atoms with Gasteiger partial charge in [-0.15, -0.1) is 0 Å². The van der Waals surface area contributed by atoms with Crippen LogP contribution in [0.4, 0.5) is 0 Å². The number of rotatable bonds is 2.